The fourth-order valence-electron chi connectivity index (χ4n) is 5.99. The van der Waals surface area contributed by atoms with Gasteiger partial charge in [0.1, 0.15) is 11.5 Å². The average molecular weight is 599 g/mol. The summed E-state index contributed by atoms with van der Waals surface area (Å²) in [4.78, 5) is 63.0. The Morgan fingerprint density at radius 1 is 1.09 bits per heavy atom. The molecule has 6 atom stereocenters. The molecule has 43 heavy (non-hydrogen) atoms. The van der Waals surface area contributed by atoms with Crippen molar-refractivity contribution in [1.82, 2.24) is 0 Å². The number of rotatable bonds is 6. The molecule has 0 amide bonds. The number of carbonyl (C=O) groups is 5. The maximum absolute atomic E-state index is 13.9. The molecule has 1 aliphatic heterocycles. The van der Waals surface area contributed by atoms with E-state index in [1.165, 1.54) is 12.1 Å². The van der Waals surface area contributed by atoms with Gasteiger partial charge < -0.3 is 39.7 Å². The van der Waals surface area contributed by atoms with Crippen LogP contribution in [0.15, 0.2) is 40.5 Å². The zero-order valence-electron chi connectivity index (χ0n) is 23.4. The van der Waals surface area contributed by atoms with E-state index in [-0.39, 0.29) is 39.0 Å². The highest BCUT2D eigenvalue weighted by Crippen LogP contribution is 2.51. The fourth-order valence-corrected chi connectivity index (χ4v) is 5.99. The van der Waals surface area contributed by atoms with E-state index in [2.05, 4.69) is 0 Å². The Bertz CT molecular complexity index is 1560. The number of hydrogen-bond acceptors (Lipinski definition) is 12. The molecule has 5 rings (SSSR count). The molecule has 13 heteroatoms. The van der Waals surface area contributed by atoms with Crippen LogP contribution in [0.2, 0.25) is 0 Å². The molecule has 0 aromatic heterocycles. The van der Waals surface area contributed by atoms with E-state index in [0.717, 1.165) is 19.9 Å². The van der Waals surface area contributed by atoms with Crippen LogP contribution in [-0.2, 0) is 33.4 Å². The molecular weight excluding hydrogens is 568 g/mol. The summed E-state index contributed by atoms with van der Waals surface area (Å²) >= 11 is 0. The van der Waals surface area contributed by atoms with Gasteiger partial charge in [-0.15, -0.1) is 0 Å². The number of fused-ring (bicyclic) bond motifs is 3. The molecule has 4 aliphatic rings. The van der Waals surface area contributed by atoms with E-state index >= 15 is 0 Å². The first-order chi connectivity index (χ1) is 20.1. The zero-order chi connectivity index (χ0) is 31.5. The summed E-state index contributed by atoms with van der Waals surface area (Å²) in [5.74, 6) is -6.06. The van der Waals surface area contributed by atoms with Crippen LogP contribution in [0.4, 0.5) is 0 Å². The molecule has 13 nitrogen and oxygen atoms in total. The van der Waals surface area contributed by atoms with Crippen LogP contribution in [0.25, 0.3) is 5.76 Å². The number of aliphatic hydroxyl groups is 3. The smallest absolute Gasteiger partial charge is 0.306 e. The lowest BCUT2D eigenvalue weighted by atomic mass is 9.74. The van der Waals surface area contributed by atoms with Crippen molar-refractivity contribution in [3.8, 4) is 5.75 Å². The standard InChI is InChI=1S/C30H30O13/c1-11-17(32)6-7-18(41-11)13-4-5-14-23(24(13)36)26(38)15-10-16-22(21(15)25(14)37)27(42-12(2)31)29(30(3,40)28(16)39)43-20(35)9-8-19(33)34/h4-5,10-11,17-18,27,29,32,36-37,40H,6-9H2,1-3H3,(H,33,34). The van der Waals surface area contributed by atoms with Crippen molar-refractivity contribution in [2.45, 2.75) is 82.6 Å². The number of carboxylic acid groups (broad SMARTS) is 1. The minimum Gasteiger partial charge on any atom is -0.507 e. The minimum absolute atomic E-state index is 0.0857. The Morgan fingerprint density at radius 3 is 2.42 bits per heavy atom. The highest BCUT2D eigenvalue weighted by atomic mass is 16.6. The van der Waals surface area contributed by atoms with Crippen LogP contribution < -0.4 is 0 Å². The summed E-state index contributed by atoms with van der Waals surface area (Å²) in [6.45, 7) is 3.73. The minimum atomic E-state index is -2.48. The van der Waals surface area contributed by atoms with Gasteiger partial charge in [0.05, 0.1) is 36.7 Å². The van der Waals surface area contributed by atoms with E-state index in [0.29, 0.717) is 12.8 Å². The molecule has 1 fully saturated rings. The van der Waals surface area contributed by atoms with E-state index in [4.69, 9.17) is 19.3 Å². The third-order valence-corrected chi connectivity index (χ3v) is 8.19. The first-order valence-electron chi connectivity index (χ1n) is 13.6. The van der Waals surface area contributed by atoms with Crippen LogP contribution in [-0.4, -0.2) is 85.0 Å². The molecule has 1 aromatic carbocycles. The summed E-state index contributed by atoms with van der Waals surface area (Å²) < 4.78 is 16.6. The number of benzene rings is 1. The van der Waals surface area contributed by atoms with Crippen LogP contribution >= 0.6 is 0 Å². The first kappa shape index (κ1) is 30.1. The molecule has 1 heterocycles. The molecule has 0 saturated carbocycles. The number of Topliss-reactive ketones (excluding diaryl/α,β-unsaturated/α-hetero) is 2. The number of phenols is 1. The Hall–Kier alpha value is -4.33. The molecule has 1 aromatic rings. The molecule has 6 unspecified atom stereocenters. The number of aliphatic hydroxyl groups excluding tert-OH is 2. The molecule has 1 saturated heterocycles. The number of ether oxygens (including phenoxy) is 3. The summed E-state index contributed by atoms with van der Waals surface area (Å²) in [7, 11) is 0. The summed E-state index contributed by atoms with van der Waals surface area (Å²) in [5.41, 5.74) is -3.44. The van der Waals surface area contributed by atoms with Crippen molar-refractivity contribution in [3.63, 3.8) is 0 Å². The van der Waals surface area contributed by atoms with Crippen molar-refractivity contribution < 1.29 is 63.7 Å². The second-order valence-corrected chi connectivity index (χ2v) is 11.1. The van der Waals surface area contributed by atoms with Gasteiger partial charge in [0, 0.05) is 40.3 Å². The van der Waals surface area contributed by atoms with Gasteiger partial charge in [-0.2, -0.15) is 0 Å². The van der Waals surface area contributed by atoms with E-state index in [1.54, 1.807) is 6.92 Å². The molecule has 0 spiro atoms. The fraction of sp³-hybridized carbons (Fsp3) is 0.433. The second kappa shape index (κ2) is 10.7. The maximum Gasteiger partial charge on any atom is 0.306 e. The van der Waals surface area contributed by atoms with Gasteiger partial charge in [-0.3, -0.25) is 24.0 Å². The van der Waals surface area contributed by atoms with Gasteiger partial charge in [0.2, 0.25) is 0 Å². The molecular formula is C30H30O13. The summed E-state index contributed by atoms with van der Waals surface area (Å²) in [5, 5.41) is 52.8. The molecule has 5 N–H and O–H groups in total. The molecule has 0 radical (unpaired) electrons. The number of aliphatic carboxylic acids is 1. The number of hydrogen-bond donors (Lipinski definition) is 5. The van der Waals surface area contributed by atoms with Gasteiger partial charge in [0.15, 0.2) is 29.4 Å². The molecule has 3 aliphatic carbocycles. The Morgan fingerprint density at radius 2 is 1.79 bits per heavy atom. The van der Waals surface area contributed by atoms with Crippen molar-refractivity contribution in [1.29, 1.82) is 0 Å². The predicted octanol–water partition coefficient (Wildman–Crippen LogP) is 1.74. The van der Waals surface area contributed by atoms with Crippen molar-refractivity contribution in [2.24, 2.45) is 0 Å². The number of allylic oxidation sites excluding steroid dienone is 2. The largest absolute Gasteiger partial charge is 0.507 e. The number of ketones is 2. The summed E-state index contributed by atoms with van der Waals surface area (Å²) in [6, 6.07) is 2.86. The number of phenolic OH excluding ortho intramolecular Hbond substituents is 1. The lowest BCUT2D eigenvalue weighted by molar-refractivity contribution is -0.188. The topological polar surface area (TPSA) is 214 Å². The number of carbonyl (C=O) groups excluding carboxylic acids is 4. The lowest BCUT2D eigenvalue weighted by Gasteiger charge is -2.41. The highest BCUT2D eigenvalue weighted by Gasteiger charge is 2.58. The van der Waals surface area contributed by atoms with Gasteiger partial charge in [-0.25, -0.2) is 0 Å². The van der Waals surface area contributed by atoms with Crippen molar-refractivity contribution >= 4 is 35.2 Å². The molecule has 0 bridgehead atoms. The first-order valence-corrected chi connectivity index (χ1v) is 13.6. The van der Waals surface area contributed by atoms with Gasteiger partial charge in [0.25, 0.3) is 0 Å². The van der Waals surface area contributed by atoms with E-state index in [1.807, 2.05) is 0 Å². The predicted molar refractivity (Wildman–Crippen MR) is 144 cm³/mol. The Kier molecular flexibility index (Phi) is 7.53. The monoisotopic (exact) mass is 598 g/mol. The van der Waals surface area contributed by atoms with Crippen LogP contribution in [0, 0.1) is 0 Å². The van der Waals surface area contributed by atoms with E-state index in [9.17, 15) is 44.4 Å². The Labute approximate surface area is 244 Å². The second-order valence-electron chi connectivity index (χ2n) is 11.1. The van der Waals surface area contributed by atoms with Crippen molar-refractivity contribution in [2.75, 3.05) is 0 Å². The van der Waals surface area contributed by atoms with Gasteiger partial charge in [-0.05, 0) is 38.8 Å². The highest BCUT2D eigenvalue weighted by molar-refractivity contribution is 6.24. The zero-order valence-corrected chi connectivity index (χ0v) is 23.4. The van der Waals surface area contributed by atoms with Crippen molar-refractivity contribution in [3.05, 3.63) is 57.2 Å². The Balaban J connectivity index is 1.61. The quantitative estimate of drug-likeness (QED) is 0.295. The van der Waals surface area contributed by atoms with E-state index < -0.39 is 89.9 Å². The summed E-state index contributed by atoms with van der Waals surface area (Å²) in [6.07, 6.45) is -4.73. The number of carboxylic acids is 1. The van der Waals surface area contributed by atoms with Gasteiger partial charge >= 0.3 is 17.9 Å². The van der Waals surface area contributed by atoms with Crippen LogP contribution in [0.3, 0.4) is 0 Å². The third kappa shape index (κ3) is 4.92. The average Bonchev–Trinajstić information content (AvgIpc) is 3.34. The maximum atomic E-state index is 13.9. The normalized spacial score (nSPS) is 29.9. The number of esters is 2. The van der Waals surface area contributed by atoms with Gasteiger partial charge in [-0.1, -0.05) is 6.07 Å². The lowest BCUT2D eigenvalue weighted by Crippen LogP contribution is -2.59. The van der Waals surface area contributed by atoms with Crippen LogP contribution in [0.1, 0.15) is 74.0 Å². The van der Waals surface area contributed by atoms with Crippen LogP contribution in [0.5, 0.6) is 5.75 Å². The third-order valence-electron chi connectivity index (χ3n) is 8.19. The molecule has 228 valence electrons. The number of aromatic hydroxyl groups is 1. The SMILES string of the molecule is CC(=O)OC1C2=C(C=C3C(=O)c4c(ccc(C5CCC(O)C(C)O5)c4O)C(O)=C32)C(=O)C(C)(O)C1OC(=O)CCC(=O)O.